The number of halogens is 2. The van der Waals surface area contributed by atoms with Crippen LogP contribution < -0.4 is 5.32 Å². The minimum Gasteiger partial charge on any atom is -0.338 e. The molecule has 0 saturated carbocycles. The summed E-state index contributed by atoms with van der Waals surface area (Å²) >= 11 is 0. The Bertz CT molecular complexity index is 187. The molecule has 0 aliphatic carbocycles. The summed E-state index contributed by atoms with van der Waals surface area (Å²) in [6, 6.07) is -0.394. The predicted molar refractivity (Wildman–Crippen MR) is 62.9 cm³/mol. The molecule has 0 bridgehead atoms. The van der Waals surface area contributed by atoms with Gasteiger partial charge >= 0.3 is 6.03 Å². The van der Waals surface area contributed by atoms with Gasteiger partial charge in [-0.3, -0.25) is 0 Å². The van der Waals surface area contributed by atoms with Crippen LogP contribution in [0, 0.1) is 0 Å². The molecule has 1 saturated heterocycles. The Morgan fingerprint density at radius 3 is 2.12 bits per heavy atom. The van der Waals surface area contributed by atoms with Crippen LogP contribution >= 0.6 is 0 Å². The van der Waals surface area contributed by atoms with Crippen molar-refractivity contribution >= 4 is 6.03 Å². The largest absolute Gasteiger partial charge is 0.338 e. The van der Waals surface area contributed by atoms with Crippen molar-refractivity contribution in [2.75, 3.05) is 19.6 Å². The smallest absolute Gasteiger partial charge is 0.317 e. The number of amides is 2. The summed E-state index contributed by atoms with van der Waals surface area (Å²) in [7, 11) is 0. The monoisotopic (exact) mass is 238 g/mol. The Balaban J connectivity index is 0. The summed E-state index contributed by atoms with van der Waals surface area (Å²) in [5.74, 6) is -2.69. The molecule has 1 aliphatic heterocycles. The third kappa shape index (κ3) is 6.58. The van der Waals surface area contributed by atoms with E-state index in [9.17, 15) is 13.6 Å². The normalized spacial score (nSPS) is 16.6. The quantitative estimate of drug-likeness (QED) is 0.748. The highest BCUT2D eigenvalue weighted by Crippen LogP contribution is 2.26. The van der Waals surface area contributed by atoms with Gasteiger partial charge in [0, 0.05) is 19.5 Å². The summed E-state index contributed by atoms with van der Waals surface area (Å²) in [5, 5.41) is 2.48. The van der Waals surface area contributed by atoms with Gasteiger partial charge in [-0.25, -0.2) is 13.6 Å². The fraction of sp³-hybridized carbons (Fsp3) is 0.909. The van der Waals surface area contributed by atoms with Crippen molar-refractivity contribution in [1.82, 2.24) is 10.2 Å². The summed E-state index contributed by atoms with van der Waals surface area (Å²) in [6.07, 6.45) is -0.218. The van der Waals surface area contributed by atoms with E-state index in [4.69, 9.17) is 0 Å². The van der Waals surface area contributed by atoms with Gasteiger partial charge in [0.2, 0.25) is 0 Å². The Kier molecular flexibility index (Phi) is 10.3. The minimum atomic E-state index is -2.69. The predicted octanol–water partition coefficient (Wildman–Crippen LogP) is 3.11. The molecule has 0 aromatic heterocycles. The zero-order valence-electron chi connectivity index (χ0n) is 10.9. The first-order valence-electron chi connectivity index (χ1n) is 5.96. The molecule has 98 valence electrons. The van der Waals surface area contributed by atoms with Crippen LogP contribution in [0.25, 0.3) is 0 Å². The van der Waals surface area contributed by atoms with E-state index in [2.05, 4.69) is 5.32 Å². The van der Waals surface area contributed by atoms with E-state index >= 15 is 0 Å². The molecule has 0 aromatic rings. The van der Waals surface area contributed by atoms with Gasteiger partial charge in [0.1, 0.15) is 0 Å². The molecule has 16 heavy (non-hydrogen) atoms. The number of hydrogen-bond acceptors (Lipinski definition) is 1. The Hall–Kier alpha value is -0.870. The van der Waals surface area contributed by atoms with Gasteiger partial charge in [-0.15, -0.1) is 0 Å². The van der Waals surface area contributed by atoms with E-state index < -0.39 is 18.5 Å². The zero-order valence-corrected chi connectivity index (χ0v) is 10.9. The average molecular weight is 238 g/mol. The van der Waals surface area contributed by atoms with Gasteiger partial charge in [0.15, 0.2) is 0 Å². The molecule has 5 heteroatoms. The van der Waals surface area contributed by atoms with Gasteiger partial charge < -0.3 is 10.2 Å². The van der Waals surface area contributed by atoms with Crippen LogP contribution in [0.5, 0.6) is 0 Å². The van der Waals surface area contributed by atoms with Gasteiger partial charge in [-0.1, -0.05) is 27.7 Å². The van der Waals surface area contributed by atoms with E-state index in [1.54, 1.807) is 6.92 Å². The summed E-state index contributed by atoms with van der Waals surface area (Å²) < 4.78 is 25.1. The number of nitrogens with zero attached hydrogens (tertiary/aromatic N) is 1. The van der Waals surface area contributed by atoms with Crippen LogP contribution in [0.2, 0.25) is 0 Å². The molecule has 3 nitrogen and oxygen atoms in total. The molecule has 0 unspecified atom stereocenters. The van der Waals surface area contributed by atoms with Gasteiger partial charge in [0.25, 0.3) is 5.92 Å². The lowest BCUT2D eigenvalue weighted by atomic mass is 10.3. The fourth-order valence-electron chi connectivity index (χ4n) is 1.17. The van der Waals surface area contributed by atoms with Crippen molar-refractivity contribution in [3.8, 4) is 0 Å². The standard InChI is InChI=1S/C7H12F2N2O.2C2H6/c1-2-10-6(12)11-4-3-7(8,9)5-11;2*1-2/h2-5H2,1H3,(H,10,12);2*1-2H3. The average Bonchev–Trinajstić information content (AvgIpc) is 2.65. The van der Waals surface area contributed by atoms with E-state index in [1.165, 1.54) is 0 Å². The van der Waals surface area contributed by atoms with Crippen molar-refractivity contribution in [1.29, 1.82) is 0 Å². The van der Waals surface area contributed by atoms with Crippen LogP contribution in [-0.4, -0.2) is 36.5 Å². The molecule has 1 heterocycles. The first-order chi connectivity index (χ1) is 7.55. The van der Waals surface area contributed by atoms with Crippen LogP contribution in [0.3, 0.4) is 0 Å². The van der Waals surface area contributed by atoms with Crippen molar-refractivity contribution < 1.29 is 13.6 Å². The Labute approximate surface area is 97.2 Å². The number of carbonyl (C=O) groups is 1. The first kappa shape index (κ1) is 17.5. The van der Waals surface area contributed by atoms with Crippen molar-refractivity contribution in [3.63, 3.8) is 0 Å². The molecule has 1 N–H and O–H groups in total. The van der Waals surface area contributed by atoms with E-state index in [0.29, 0.717) is 6.54 Å². The maximum absolute atomic E-state index is 12.6. The van der Waals surface area contributed by atoms with Crippen molar-refractivity contribution in [3.05, 3.63) is 0 Å². The van der Waals surface area contributed by atoms with Gasteiger partial charge in [0.05, 0.1) is 6.54 Å². The second-order valence-electron chi connectivity index (χ2n) is 2.86. The SMILES string of the molecule is CC.CC.CCNC(=O)N1CCC(F)(F)C1. The first-order valence-corrected chi connectivity index (χ1v) is 5.96. The second kappa shape index (κ2) is 9.36. The Morgan fingerprint density at radius 1 is 1.31 bits per heavy atom. The number of urea groups is 1. The number of nitrogens with one attached hydrogen (secondary N) is 1. The number of carbonyl (C=O) groups excluding carboxylic acids is 1. The third-order valence-corrected chi connectivity index (χ3v) is 1.78. The van der Waals surface area contributed by atoms with E-state index in [-0.39, 0.29) is 13.0 Å². The van der Waals surface area contributed by atoms with Crippen LogP contribution in [0.4, 0.5) is 13.6 Å². The highest BCUT2D eigenvalue weighted by atomic mass is 19.3. The summed E-state index contributed by atoms with van der Waals surface area (Å²) in [6.45, 7) is 9.94. The summed E-state index contributed by atoms with van der Waals surface area (Å²) in [4.78, 5) is 12.2. The third-order valence-electron chi connectivity index (χ3n) is 1.78. The zero-order chi connectivity index (χ0) is 13.2. The fourth-order valence-corrected chi connectivity index (χ4v) is 1.17. The van der Waals surface area contributed by atoms with Crippen molar-refractivity contribution in [2.45, 2.75) is 47.0 Å². The molecule has 1 rings (SSSR count). The molecule has 1 fully saturated rings. The molecule has 1 aliphatic rings. The van der Waals surface area contributed by atoms with Crippen LogP contribution in [0.15, 0.2) is 0 Å². The molecule has 2 amide bonds. The number of hydrogen-bond donors (Lipinski definition) is 1. The maximum Gasteiger partial charge on any atom is 0.317 e. The highest BCUT2D eigenvalue weighted by Gasteiger charge is 2.40. The molecular weight excluding hydrogens is 214 g/mol. The molecule has 0 atom stereocenters. The molecule has 0 radical (unpaired) electrons. The highest BCUT2D eigenvalue weighted by molar-refractivity contribution is 5.74. The van der Waals surface area contributed by atoms with Gasteiger partial charge in [-0.05, 0) is 6.92 Å². The minimum absolute atomic E-state index is 0.152. The van der Waals surface area contributed by atoms with Gasteiger partial charge in [-0.2, -0.15) is 0 Å². The topological polar surface area (TPSA) is 32.3 Å². The number of alkyl halides is 2. The van der Waals surface area contributed by atoms with Crippen LogP contribution in [0.1, 0.15) is 41.0 Å². The van der Waals surface area contributed by atoms with E-state index in [1.807, 2.05) is 27.7 Å². The lowest BCUT2D eigenvalue weighted by Gasteiger charge is -2.15. The molecule has 0 spiro atoms. The van der Waals surface area contributed by atoms with Crippen LogP contribution in [-0.2, 0) is 0 Å². The molecule has 0 aromatic carbocycles. The lowest BCUT2D eigenvalue weighted by Crippen LogP contribution is -2.39. The summed E-state index contributed by atoms with van der Waals surface area (Å²) in [5.41, 5.74) is 0. The number of likely N-dealkylation sites (tertiary alicyclic amines) is 1. The number of rotatable bonds is 1. The Morgan fingerprint density at radius 2 is 1.81 bits per heavy atom. The second-order valence-corrected chi connectivity index (χ2v) is 2.86. The maximum atomic E-state index is 12.6. The van der Waals surface area contributed by atoms with Crippen molar-refractivity contribution in [2.24, 2.45) is 0 Å². The lowest BCUT2D eigenvalue weighted by molar-refractivity contribution is 0.0154. The molecular formula is C11H24F2N2O. The van der Waals surface area contributed by atoms with E-state index in [0.717, 1.165) is 4.90 Å².